The molecule has 1 amide bonds. The number of carbonyl (C=O) groups is 1. The molecule has 0 saturated carbocycles. The molecule has 0 saturated heterocycles. The van der Waals surface area contributed by atoms with E-state index in [1.54, 1.807) is 17.0 Å². The van der Waals surface area contributed by atoms with E-state index in [1.807, 2.05) is 36.4 Å². The zero-order chi connectivity index (χ0) is 21.0. The number of halogens is 1. The van der Waals surface area contributed by atoms with Gasteiger partial charge in [-0.3, -0.25) is 14.4 Å². The van der Waals surface area contributed by atoms with Crippen LogP contribution in [0.2, 0.25) is 5.02 Å². The third kappa shape index (κ3) is 2.84. The van der Waals surface area contributed by atoms with Crippen molar-refractivity contribution in [2.75, 3.05) is 4.90 Å². The van der Waals surface area contributed by atoms with Gasteiger partial charge in [-0.15, -0.1) is 0 Å². The Morgan fingerprint density at radius 1 is 1.03 bits per heavy atom. The fourth-order valence-electron chi connectivity index (χ4n) is 3.47. The first-order chi connectivity index (χ1) is 14.4. The first kappa shape index (κ1) is 18.7. The molecule has 0 atom stereocenters. The largest absolute Gasteiger partial charge is 0.303 e. The maximum atomic E-state index is 13.4. The lowest BCUT2D eigenvalue weighted by atomic mass is 10.1. The van der Waals surface area contributed by atoms with E-state index >= 15 is 0 Å². The summed E-state index contributed by atoms with van der Waals surface area (Å²) < 4.78 is 1.30. The number of aromatic nitrogens is 3. The summed E-state index contributed by atoms with van der Waals surface area (Å²) in [6, 6.07) is 14.6. The van der Waals surface area contributed by atoms with Gasteiger partial charge in [-0.05, 0) is 30.7 Å². The Morgan fingerprint density at radius 3 is 2.53 bits per heavy atom. The molecule has 1 aliphatic heterocycles. The molecule has 0 radical (unpaired) electrons. The Kier molecular flexibility index (Phi) is 4.27. The number of amides is 1. The van der Waals surface area contributed by atoms with Crippen molar-refractivity contribution in [3.63, 3.8) is 0 Å². The second-order valence-electron chi connectivity index (χ2n) is 6.84. The number of thiazole rings is 1. The molecular formula is C21H13ClN4O3S. The standard InChI is InChI=1S/C21H13ClN4O3S/c1-11-18(27)23-21-26(24-11)20(29)17(30-21)16-14-4-2-3-5-15(14)25(19(16)28)10-12-6-8-13(22)9-7-12/h2-9H,10H2,1H3/b17-16-. The van der Waals surface area contributed by atoms with Crippen molar-refractivity contribution >= 4 is 45.1 Å². The molecule has 0 fully saturated rings. The first-order valence-electron chi connectivity index (χ1n) is 9.04. The molecule has 4 aromatic rings. The number of para-hydroxylation sites is 1. The van der Waals surface area contributed by atoms with E-state index in [1.165, 1.54) is 6.92 Å². The highest BCUT2D eigenvalue weighted by molar-refractivity contribution is 7.15. The molecule has 1 aliphatic rings. The van der Waals surface area contributed by atoms with E-state index in [2.05, 4.69) is 10.1 Å². The van der Waals surface area contributed by atoms with Crippen LogP contribution in [0.3, 0.4) is 0 Å². The van der Waals surface area contributed by atoms with Gasteiger partial charge in [0.05, 0.1) is 17.8 Å². The molecule has 30 heavy (non-hydrogen) atoms. The third-order valence-corrected chi connectivity index (χ3v) is 6.20. The molecular weight excluding hydrogens is 424 g/mol. The molecule has 2 aromatic carbocycles. The van der Waals surface area contributed by atoms with Gasteiger partial charge in [0.2, 0.25) is 4.96 Å². The SMILES string of the molecule is Cc1nn2c(=O)/c(=C3/C(=O)N(Cc4ccc(Cl)cc4)c4ccccc43)sc2nc1=O. The van der Waals surface area contributed by atoms with E-state index < -0.39 is 11.1 Å². The van der Waals surface area contributed by atoms with E-state index in [0.29, 0.717) is 22.7 Å². The van der Waals surface area contributed by atoms with E-state index in [9.17, 15) is 14.4 Å². The zero-order valence-electron chi connectivity index (χ0n) is 15.6. The lowest BCUT2D eigenvalue weighted by Crippen LogP contribution is -2.33. The van der Waals surface area contributed by atoms with Crippen LogP contribution in [0.1, 0.15) is 16.8 Å². The van der Waals surface area contributed by atoms with Crippen molar-refractivity contribution in [2.24, 2.45) is 0 Å². The molecule has 3 heterocycles. The average Bonchev–Trinajstić information content (AvgIpc) is 3.18. The number of carbonyl (C=O) groups excluding carboxylic acids is 1. The molecule has 2 aromatic heterocycles. The van der Waals surface area contributed by atoms with Crippen LogP contribution in [0.5, 0.6) is 0 Å². The van der Waals surface area contributed by atoms with Gasteiger partial charge in [-0.25, -0.2) is 0 Å². The van der Waals surface area contributed by atoms with Gasteiger partial charge >= 0.3 is 0 Å². The maximum absolute atomic E-state index is 13.4. The van der Waals surface area contributed by atoms with Crippen molar-refractivity contribution in [1.82, 2.24) is 14.6 Å². The summed E-state index contributed by atoms with van der Waals surface area (Å²) in [5, 5.41) is 4.65. The number of anilines is 1. The molecule has 0 N–H and O–H groups in total. The van der Waals surface area contributed by atoms with E-state index in [0.717, 1.165) is 27.1 Å². The highest BCUT2D eigenvalue weighted by Crippen LogP contribution is 2.36. The molecule has 0 aliphatic carbocycles. The number of hydrogen-bond donors (Lipinski definition) is 0. The van der Waals surface area contributed by atoms with Gasteiger partial charge in [0.15, 0.2) is 0 Å². The first-order valence-corrected chi connectivity index (χ1v) is 10.2. The monoisotopic (exact) mass is 436 g/mol. The van der Waals surface area contributed by atoms with Crippen molar-refractivity contribution < 1.29 is 4.79 Å². The predicted octanol–water partition coefficient (Wildman–Crippen LogP) is 1.94. The van der Waals surface area contributed by atoms with Gasteiger partial charge in [0, 0.05) is 10.6 Å². The highest BCUT2D eigenvalue weighted by Gasteiger charge is 2.34. The Bertz CT molecular complexity index is 1510. The fraction of sp³-hybridized carbons (Fsp3) is 0.0952. The summed E-state index contributed by atoms with van der Waals surface area (Å²) in [5.41, 5.74) is 1.77. The number of aryl methyl sites for hydroxylation is 1. The van der Waals surface area contributed by atoms with Crippen molar-refractivity contribution in [3.05, 3.63) is 95.6 Å². The van der Waals surface area contributed by atoms with Crippen molar-refractivity contribution in [2.45, 2.75) is 13.5 Å². The van der Waals surface area contributed by atoms with Gasteiger partial charge in [-0.2, -0.15) is 14.6 Å². The topological polar surface area (TPSA) is 84.6 Å². The van der Waals surface area contributed by atoms with Crippen LogP contribution >= 0.6 is 22.9 Å². The minimum atomic E-state index is -0.490. The van der Waals surface area contributed by atoms with E-state index in [-0.39, 0.29) is 21.1 Å². The summed E-state index contributed by atoms with van der Waals surface area (Å²) in [6.45, 7) is 1.83. The van der Waals surface area contributed by atoms with Gasteiger partial charge in [0.25, 0.3) is 17.0 Å². The Morgan fingerprint density at radius 2 is 1.77 bits per heavy atom. The molecule has 9 heteroatoms. The molecule has 0 bridgehead atoms. The third-order valence-electron chi connectivity index (χ3n) is 4.92. The normalized spacial score (nSPS) is 15.1. The van der Waals surface area contributed by atoms with Gasteiger partial charge in [0.1, 0.15) is 10.2 Å². The minimum absolute atomic E-state index is 0.126. The van der Waals surface area contributed by atoms with Crippen molar-refractivity contribution in [1.29, 1.82) is 0 Å². The Balaban J connectivity index is 1.74. The fourth-order valence-corrected chi connectivity index (χ4v) is 4.59. The lowest BCUT2D eigenvalue weighted by Gasteiger charge is -2.17. The number of benzene rings is 2. The summed E-state index contributed by atoms with van der Waals surface area (Å²) in [6.07, 6.45) is 0. The number of hydrogen-bond acceptors (Lipinski definition) is 6. The number of nitrogens with zero attached hydrogens (tertiary/aromatic N) is 4. The number of fused-ring (bicyclic) bond motifs is 2. The molecule has 0 spiro atoms. The van der Waals surface area contributed by atoms with Crippen molar-refractivity contribution in [3.8, 4) is 0 Å². The van der Waals surface area contributed by atoms with Crippen LogP contribution < -0.4 is 20.6 Å². The molecule has 7 nitrogen and oxygen atoms in total. The Hall–Kier alpha value is -3.36. The second-order valence-corrected chi connectivity index (χ2v) is 8.26. The summed E-state index contributed by atoms with van der Waals surface area (Å²) in [4.78, 5) is 44.0. The maximum Gasteiger partial charge on any atom is 0.295 e. The summed E-state index contributed by atoms with van der Waals surface area (Å²) in [7, 11) is 0. The lowest BCUT2D eigenvalue weighted by molar-refractivity contribution is -0.113. The summed E-state index contributed by atoms with van der Waals surface area (Å²) >= 11 is 6.96. The average molecular weight is 437 g/mol. The molecule has 0 unspecified atom stereocenters. The smallest absolute Gasteiger partial charge is 0.295 e. The van der Waals surface area contributed by atoms with Crippen LogP contribution in [0, 0.1) is 6.92 Å². The van der Waals surface area contributed by atoms with Crippen LogP contribution in [0.15, 0.2) is 58.1 Å². The van der Waals surface area contributed by atoms with Crippen LogP contribution in [-0.2, 0) is 11.3 Å². The minimum Gasteiger partial charge on any atom is -0.303 e. The van der Waals surface area contributed by atoms with Crippen LogP contribution in [-0.4, -0.2) is 20.5 Å². The highest BCUT2D eigenvalue weighted by atomic mass is 35.5. The van der Waals surface area contributed by atoms with Crippen LogP contribution in [0.25, 0.3) is 10.5 Å². The second kappa shape index (κ2) is 6.86. The van der Waals surface area contributed by atoms with Gasteiger partial charge < -0.3 is 4.90 Å². The molecule has 148 valence electrons. The predicted molar refractivity (Wildman–Crippen MR) is 115 cm³/mol. The van der Waals surface area contributed by atoms with E-state index in [4.69, 9.17) is 11.6 Å². The Labute approximate surface area is 178 Å². The zero-order valence-corrected chi connectivity index (χ0v) is 17.2. The summed E-state index contributed by atoms with van der Waals surface area (Å²) in [5.74, 6) is -0.283. The van der Waals surface area contributed by atoms with Gasteiger partial charge in [-0.1, -0.05) is 53.3 Å². The van der Waals surface area contributed by atoms with Crippen LogP contribution in [0.4, 0.5) is 5.69 Å². The number of rotatable bonds is 2. The molecule has 5 rings (SSSR count). The quantitative estimate of drug-likeness (QED) is 0.479.